The third-order valence-corrected chi connectivity index (χ3v) is 1.88. The smallest absolute Gasteiger partial charge is 0.150 e. The summed E-state index contributed by atoms with van der Waals surface area (Å²) in [5.41, 5.74) is 3.28. The van der Waals surface area contributed by atoms with Crippen molar-refractivity contribution < 1.29 is 4.79 Å². The molecule has 0 radical (unpaired) electrons. The Kier molecular flexibility index (Phi) is 2.42. The summed E-state index contributed by atoms with van der Waals surface area (Å²) in [6.45, 7) is 4.15. The fourth-order valence-corrected chi connectivity index (χ4v) is 1.19. The van der Waals surface area contributed by atoms with Gasteiger partial charge in [-0.25, -0.2) is 0 Å². The highest BCUT2D eigenvalue weighted by Gasteiger charge is 1.95. The number of benzene rings is 1. The molecule has 0 N–H and O–H groups in total. The Morgan fingerprint density at radius 2 is 2.18 bits per heavy atom. The van der Waals surface area contributed by atoms with E-state index in [1.54, 1.807) is 0 Å². The molecule has 58 valence electrons. The lowest BCUT2D eigenvalue weighted by atomic mass is 10.0. The Hall–Kier alpha value is -1.11. The maximum atomic E-state index is 10.4. The minimum atomic E-state index is 0.764. The van der Waals surface area contributed by atoms with Gasteiger partial charge in [0.2, 0.25) is 0 Å². The van der Waals surface area contributed by atoms with Gasteiger partial charge in [0.15, 0.2) is 0 Å². The van der Waals surface area contributed by atoms with Crippen molar-refractivity contribution in [2.45, 2.75) is 20.3 Å². The minimum absolute atomic E-state index is 0.764. The van der Waals surface area contributed by atoms with Crippen molar-refractivity contribution in [2.75, 3.05) is 0 Å². The molecule has 0 aliphatic rings. The molecule has 0 fully saturated rings. The fourth-order valence-electron chi connectivity index (χ4n) is 1.19. The lowest BCUT2D eigenvalue weighted by Gasteiger charge is -2.01. The molecule has 0 aromatic heterocycles. The van der Waals surface area contributed by atoms with Crippen LogP contribution < -0.4 is 0 Å². The second kappa shape index (κ2) is 3.33. The van der Waals surface area contributed by atoms with Crippen LogP contribution >= 0.6 is 0 Å². The highest BCUT2D eigenvalue weighted by molar-refractivity contribution is 5.75. The summed E-state index contributed by atoms with van der Waals surface area (Å²) in [6.07, 6.45) is 1.91. The van der Waals surface area contributed by atoms with Gasteiger partial charge >= 0.3 is 0 Å². The van der Waals surface area contributed by atoms with Gasteiger partial charge in [0.05, 0.1) is 0 Å². The molecule has 0 amide bonds. The van der Waals surface area contributed by atoms with E-state index in [2.05, 4.69) is 6.92 Å². The Bertz CT molecular complexity index is 264. The molecule has 0 saturated heterocycles. The maximum absolute atomic E-state index is 10.4. The van der Waals surface area contributed by atoms with Crippen LogP contribution in [0.5, 0.6) is 0 Å². The van der Waals surface area contributed by atoms with Crippen molar-refractivity contribution >= 4 is 6.29 Å². The van der Waals surface area contributed by atoms with E-state index in [-0.39, 0.29) is 0 Å². The summed E-state index contributed by atoms with van der Waals surface area (Å²) in [6, 6.07) is 5.80. The third-order valence-electron chi connectivity index (χ3n) is 1.88. The number of carbonyl (C=O) groups excluding carboxylic acids is 1. The Morgan fingerprint density at radius 3 is 2.64 bits per heavy atom. The first-order valence-electron chi connectivity index (χ1n) is 3.82. The van der Waals surface area contributed by atoms with E-state index in [1.807, 2.05) is 25.1 Å². The fraction of sp³-hybridized carbons (Fsp3) is 0.300. The van der Waals surface area contributed by atoms with E-state index in [9.17, 15) is 4.79 Å². The van der Waals surface area contributed by atoms with Crippen molar-refractivity contribution in [2.24, 2.45) is 0 Å². The minimum Gasteiger partial charge on any atom is -0.298 e. The predicted molar refractivity (Wildman–Crippen MR) is 45.9 cm³/mol. The molecular formula is C10H12O. The van der Waals surface area contributed by atoms with E-state index in [0.29, 0.717) is 0 Å². The van der Waals surface area contributed by atoms with Gasteiger partial charge in [-0.1, -0.05) is 19.1 Å². The summed E-state index contributed by atoms with van der Waals surface area (Å²) in [5.74, 6) is 0. The van der Waals surface area contributed by atoms with Crippen molar-refractivity contribution in [3.63, 3.8) is 0 Å². The van der Waals surface area contributed by atoms with Gasteiger partial charge in [-0.2, -0.15) is 0 Å². The molecule has 11 heavy (non-hydrogen) atoms. The van der Waals surface area contributed by atoms with Crippen LogP contribution in [0, 0.1) is 6.92 Å². The molecule has 1 aromatic carbocycles. The van der Waals surface area contributed by atoms with Crippen molar-refractivity contribution in [3.8, 4) is 0 Å². The van der Waals surface area contributed by atoms with Gasteiger partial charge < -0.3 is 0 Å². The zero-order chi connectivity index (χ0) is 8.27. The second-order valence-electron chi connectivity index (χ2n) is 2.66. The van der Waals surface area contributed by atoms with E-state index >= 15 is 0 Å². The standard InChI is InChI=1S/C10H12O/c1-3-10-5-4-9(7-11)6-8(10)2/h4-7H,3H2,1-2H3. The van der Waals surface area contributed by atoms with E-state index in [1.165, 1.54) is 11.1 Å². The van der Waals surface area contributed by atoms with E-state index in [4.69, 9.17) is 0 Å². The van der Waals surface area contributed by atoms with Crippen LogP contribution in [0.4, 0.5) is 0 Å². The van der Waals surface area contributed by atoms with Crippen molar-refractivity contribution in [3.05, 3.63) is 34.9 Å². The molecule has 1 aromatic rings. The number of hydrogen-bond donors (Lipinski definition) is 0. The van der Waals surface area contributed by atoms with Crippen LogP contribution in [-0.4, -0.2) is 6.29 Å². The highest BCUT2D eigenvalue weighted by Crippen LogP contribution is 2.09. The monoisotopic (exact) mass is 148 g/mol. The Balaban J connectivity index is 3.09. The first kappa shape index (κ1) is 7.99. The van der Waals surface area contributed by atoms with E-state index in [0.717, 1.165) is 18.3 Å². The molecule has 0 heterocycles. The number of aldehydes is 1. The third kappa shape index (κ3) is 1.67. The molecule has 0 aliphatic carbocycles. The number of carbonyl (C=O) groups is 1. The Labute approximate surface area is 67.1 Å². The maximum Gasteiger partial charge on any atom is 0.150 e. The van der Waals surface area contributed by atoms with Crippen LogP contribution in [0.15, 0.2) is 18.2 Å². The van der Waals surface area contributed by atoms with Crippen LogP contribution in [-0.2, 0) is 6.42 Å². The molecule has 1 nitrogen and oxygen atoms in total. The zero-order valence-electron chi connectivity index (χ0n) is 6.92. The van der Waals surface area contributed by atoms with Crippen molar-refractivity contribution in [1.29, 1.82) is 0 Å². The number of rotatable bonds is 2. The van der Waals surface area contributed by atoms with Crippen molar-refractivity contribution in [1.82, 2.24) is 0 Å². The molecule has 0 bridgehead atoms. The molecule has 0 spiro atoms. The first-order chi connectivity index (χ1) is 5.27. The quantitative estimate of drug-likeness (QED) is 0.588. The lowest BCUT2D eigenvalue weighted by Crippen LogP contribution is -1.88. The Morgan fingerprint density at radius 1 is 1.45 bits per heavy atom. The van der Waals surface area contributed by atoms with Gasteiger partial charge in [-0.3, -0.25) is 4.79 Å². The lowest BCUT2D eigenvalue weighted by molar-refractivity contribution is 0.112. The molecule has 0 atom stereocenters. The predicted octanol–water partition coefficient (Wildman–Crippen LogP) is 2.37. The summed E-state index contributed by atoms with van der Waals surface area (Å²) < 4.78 is 0. The number of hydrogen-bond acceptors (Lipinski definition) is 1. The highest BCUT2D eigenvalue weighted by atomic mass is 16.1. The molecule has 0 unspecified atom stereocenters. The second-order valence-corrected chi connectivity index (χ2v) is 2.66. The van der Waals surface area contributed by atoms with Crippen LogP contribution in [0.2, 0.25) is 0 Å². The van der Waals surface area contributed by atoms with E-state index < -0.39 is 0 Å². The average molecular weight is 148 g/mol. The first-order valence-corrected chi connectivity index (χ1v) is 3.82. The summed E-state index contributed by atoms with van der Waals surface area (Å²) >= 11 is 0. The van der Waals surface area contributed by atoms with Gasteiger partial charge in [0.25, 0.3) is 0 Å². The molecule has 1 rings (SSSR count). The molecule has 0 aliphatic heterocycles. The van der Waals surface area contributed by atoms with Crippen LogP contribution in [0.25, 0.3) is 0 Å². The average Bonchev–Trinajstić information content (AvgIpc) is 2.04. The van der Waals surface area contributed by atoms with Gasteiger partial charge in [-0.05, 0) is 30.5 Å². The summed E-state index contributed by atoms with van der Waals surface area (Å²) in [7, 11) is 0. The molecule has 0 saturated carbocycles. The van der Waals surface area contributed by atoms with Crippen LogP contribution in [0.1, 0.15) is 28.4 Å². The normalized spacial score (nSPS) is 9.64. The SMILES string of the molecule is CCc1ccc(C=O)cc1C. The summed E-state index contributed by atoms with van der Waals surface area (Å²) in [4.78, 5) is 10.4. The van der Waals surface area contributed by atoms with Gasteiger partial charge in [0, 0.05) is 5.56 Å². The topological polar surface area (TPSA) is 17.1 Å². The van der Waals surface area contributed by atoms with Gasteiger partial charge in [-0.15, -0.1) is 0 Å². The molecule has 1 heteroatoms. The zero-order valence-corrected chi connectivity index (χ0v) is 6.92. The largest absolute Gasteiger partial charge is 0.298 e. The van der Waals surface area contributed by atoms with Gasteiger partial charge in [0.1, 0.15) is 6.29 Å². The van der Waals surface area contributed by atoms with Crippen LogP contribution in [0.3, 0.4) is 0 Å². The number of aryl methyl sites for hydroxylation is 2. The summed E-state index contributed by atoms with van der Waals surface area (Å²) in [5, 5.41) is 0. The molecular weight excluding hydrogens is 136 g/mol.